The maximum atomic E-state index is 12.6. The number of nitrogens with two attached hydrogens (primary N) is 1. The number of amides is 1. The van der Waals surface area contributed by atoms with Crippen molar-refractivity contribution in [1.29, 1.82) is 0 Å². The summed E-state index contributed by atoms with van der Waals surface area (Å²) in [6, 6.07) is 9.85. The second-order valence-corrected chi connectivity index (χ2v) is 8.14. The lowest BCUT2D eigenvalue weighted by molar-refractivity contribution is -0.113. The summed E-state index contributed by atoms with van der Waals surface area (Å²) in [5.41, 5.74) is 5.20. The standard InChI is InChI=1S/C21H23N7O2S/c1-12-5-7-16(8-6-12)28-14(3)19(13(2)26-28)23-18(29)11-31-21-25-24-20(27(21)22)17-9-10-30-15(17)4/h5-10H,11,22H2,1-4H3,(H,23,29). The van der Waals surface area contributed by atoms with Crippen LogP contribution in [0.4, 0.5) is 5.69 Å². The summed E-state index contributed by atoms with van der Waals surface area (Å²) < 4.78 is 8.48. The van der Waals surface area contributed by atoms with Crippen LogP contribution in [0.15, 0.2) is 46.2 Å². The Morgan fingerprint density at radius 2 is 1.87 bits per heavy atom. The van der Waals surface area contributed by atoms with E-state index in [2.05, 4.69) is 20.6 Å². The lowest BCUT2D eigenvalue weighted by atomic mass is 10.2. The average Bonchev–Trinajstić information content (AvgIpc) is 3.40. The lowest BCUT2D eigenvalue weighted by Gasteiger charge is -2.07. The van der Waals surface area contributed by atoms with Crippen LogP contribution in [-0.2, 0) is 4.79 Å². The van der Waals surface area contributed by atoms with E-state index >= 15 is 0 Å². The summed E-state index contributed by atoms with van der Waals surface area (Å²) in [4.78, 5) is 12.6. The molecule has 160 valence electrons. The van der Waals surface area contributed by atoms with Gasteiger partial charge in [0.2, 0.25) is 11.1 Å². The van der Waals surface area contributed by atoms with Crippen LogP contribution in [0.25, 0.3) is 17.1 Å². The molecule has 9 nitrogen and oxygen atoms in total. The molecule has 10 heteroatoms. The number of nitrogens with one attached hydrogen (secondary N) is 1. The Labute approximate surface area is 183 Å². The van der Waals surface area contributed by atoms with Gasteiger partial charge >= 0.3 is 0 Å². The highest BCUT2D eigenvalue weighted by atomic mass is 32.2. The van der Waals surface area contributed by atoms with E-state index in [-0.39, 0.29) is 11.7 Å². The maximum Gasteiger partial charge on any atom is 0.234 e. The second-order valence-electron chi connectivity index (χ2n) is 7.20. The summed E-state index contributed by atoms with van der Waals surface area (Å²) in [5.74, 6) is 7.25. The van der Waals surface area contributed by atoms with Crippen LogP contribution in [0.1, 0.15) is 22.7 Å². The molecule has 0 aliphatic carbocycles. The molecule has 0 radical (unpaired) electrons. The Bertz CT molecular complexity index is 1240. The molecule has 0 unspecified atom stereocenters. The van der Waals surface area contributed by atoms with E-state index in [1.807, 2.05) is 56.6 Å². The molecule has 3 aromatic heterocycles. The SMILES string of the molecule is Cc1ccc(-n2nc(C)c(NC(=O)CSc3nnc(-c4ccoc4C)n3N)c2C)cc1. The number of carbonyl (C=O) groups is 1. The van der Waals surface area contributed by atoms with E-state index in [1.165, 1.54) is 22.0 Å². The molecular weight excluding hydrogens is 414 g/mol. The first kappa shape index (κ1) is 20.7. The number of thioether (sulfide) groups is 1. The molecule has 0 fully saturated rings. The number of rotatable bonds is 6. The highest BCUT2D eigenvalue weighted by molar-refractivity contribution is 7.99. The molecule has 4 aromatic rings. The third-order valence-electron chi connectivity index (χ3n) is 4.93. The molecule has 31 heavy (non-hydrogen) atoms. The molecule has 0 atom stereocenters. The minimum atomic E-state index is -0.177. The highest BCUT2D eigenvalue weighted by Crippen LogP contribution is 2.26. The van der Waals surface area contributed by atoms with Crippen molar-refractivity contribution >= 4 is 23.4 Å². The molecule has 3 N–H and O–H groups in total. The number of carbonyl (C=O) groups excluding carboxylic acids is 1. The zero-order valence-electron chi connectivity index (χ0n) is 17.7. The summed E-state index contributed by atoms with van der Waals surface area (Å²) in [6.45, 7) is 7.66. The summed E-state index contributed by atoms with van der Waals surface area (Å²) in [6.07, 6.45) is 1.57. The van der Waals surface area contributed by atoms with Gasteiger partial charge in [0.15, 0.2) is 5.82 Å². The molecule has 0 spiro atoms. The quantitative estimate of drug-likeness (QED) is 0.351. The van der Waals surface area contributed by atoms with Gasteiger partial charge in [-0.3, -0.25) is 4.79 Å². The molecule has 1 amide bonds. The van der Waals surface area contributed by atoms with E-state index in [0.29, 0.717) is 22.4 Å². The Morgan fingerprint density at radius 3 is 2.55 bits per heavy atom. The van der Waals surface area contributed by atoms with Gasteiger partial charge in [0, 0.05) is 0 Å². The molecule has 0 aliphatic rings. The second kappa shape index (κ2) is 8.31. The fourth-order valence-electron chi connectivity index (χ4n) is 3.24. The molecule has 0 aliphatic heterocycles. The number of furan rings is 1. The van der Waals surface area contributed by atoms with Crippen molar-refractivity contribution in [1.82, 2.24) is 24.7 Å². The maximum absolute atomic E-state index is 12.6. The molecular formula is C21H23N7O2S. The normalized spacial score (nSPS) is 11.1. The minimum Gasteiger partial charge on any atom is -0.469 e. The van der Waals surface area contributed by atoms with E-state index in [0.717, 1.165) is 22.6 Å². The highest BCUT2D eigenvalue weighted by Gasteiger charge is 2.18. The van der Waals surface area contributed by atoms with Gasteiger partial charge in [-0.15, -0.1) is 10.2 Å². The molecule has 3 heterocycles. The van der Waals surface area contributed by atoms with Gasteiger partial charge in [-0.25, -0.2) is 9.36 Å². The number of nitrogens with zero attached hydrogens (tertiary/aromatic N) is 5. The van der Waals surface area contributed by atoms with Gasteiger partial charge in [0.1, 0.15) is 5.76 Å². The van der Waals surface area contributed by atoms with Crippen molar-refractivity contribution < 1.29 is 9.21 Å². The fraction of sp³-hybridized carbons (Fsp3) is 0.238. The van der Waals surface area contributed by atoms with Crippen LogP contribution in [0.2, 0.25) is 0 Å². The Kier molecular flexibility index (Phi) is 5.55. The zero-order chi connectivity index (χ0) is 22.1. The van der Waals surface area contributed by atoms with Crippen LogP contribution in [0.5, 0.6) is 0 Å². The molecule has 0 saturated carbocycles. The van der Waals surface area contributed by atoms with Gasteiger partial charge in [0.25, 0.3) is 0 Å². The van der Waals surface area contributed by atoms with Crippen LogP contribution < -0.4 is 11.2 Å². The van der Waals surface area contributed by atoms with Gasteiger partial charge in [-0.2, -0.15) is 5.10 Å². The smallest absolute Gasteiger partial charge is 0.234 e. The minimum absolute atomic E-state index is 0.133. The predicted octanol–water partition coefficient (Wildman–Crippen LogP) is 3.40. The van der Waals surface area contributed by atoms with E-state index < -0.39 is 0 Å². The van der Waals surface area contributed by atoms with E-state index in [1.54, 1.807) is 12.3 Å². The van der Waals surface area contributed by atoms with Crippen LogP contribution >= 0.6 is 11.8 Å². The number of benzene rings is 1. The summed E-state index contributed by atoms with van der Waals surface area (Å²) in [7, 11) is 0. The van der Waals surface area contributed by atoms with Crippen molar-refractivity contribution in [3.8, 4) is 17.1 Å². The van der Waals surface area contributed by atoms with Crippen molar-refractivity contribution in [3.05, 3.63) is 59.3 Å². The average molecular weight is 438 g/mol. The Morgan fingerprint density at radius 1 is 1.13 bits per heavy atom. The van der Waals surface area contributed by atoms with Crippen molar-refractivity contribution in [3.63, 3.8) is 0 Å². The number of hydrogen-bond acceptors (Lipinski definition) is 7. The molecule has 0 bridgehead atoms. The van der Waals surface area contributed by atoms with Crippen molar-refractivity contribution in [2.45, 2.75) is 32.9 Å². The predicted molar refractivity (Wildman–Crippen MR) is 120 cm³/mol. The van der Waals surface area contributed by atoms with Gasteiger partial charge in [0.05, 0.1) is 40.3 Å². The molecule has 4 rings (SSSR count). The Hall–Kier alpha value is -3.53. The first-order valence-electron chi connectivity index (χ1n) is 9.66. The van der Waals surface area contributed by atoms with Gasteiger partial charge in [-0.05, 0) is 45.9 Å². The third-order valence-corrected chi connectivity index (χ3v) is 5.87. The van der Waals surface area contributed by atoms with E-state index in [9.17, 15) is 4.79 Å². The largest absolute Gasteiger partial charge is 0.469 e. The number of nitrogen functional groups attached to an aromatic ring is 1. The molecule has 1 aromatic carbocycles. The van der Waals surface area contributed by atoms with Crippen LogP contribution in [0, 0.1) is 27.7 Å². The first-order valence-corrected chi connectivity index (χ1v) is 10.6. The Balaban J connectivity index is 1.45. The topological polar surface area (TPSA) is 117 Å². The number of aryl methyl sites for hydroxylation is 3. The summed E-state index contributed by atoms with van der Waals surface area (Å²) >= 11 is 1.21. The van der Waals surface area contributed by atoms with Crippen molar-refractivity contribution in [2.24, 2.45) is 0 Å². The molecule has 0 saturated heterocycles. The van der Waals surface area contributed by atoms with Crippen LogP contribution in [-0.4, -0.2) is 36.3 Å². The van der Waals surface area contributed by atoms with Crippen LogP contribution in [0.3, 0.4) is 0 Å². The summed E-state index contributed by atoms with van der Waals surface area (Å²) in [5, 5.41) is 16.2. The zero-order valence-corrected chi connectivity index (χ0v) is 18.5. The van der Waals surface area contributed by atoms with E-state index in [4.69, 9.17) is 10.3 Å². The lowest BCUT2D eigenvalue weighted by Crippen LogP contribution is -2.17. The monoisotopic (exact) mass is 437 g/mol. The number of aromatic nitrogens is 5. The van der Waals surface area contributed by atoms with Gasteiger partial charge < -0.3 is 15.6 Å². The van der Waals surface area contributed by atoms with Gasteiger partial charge in [-0.1, -0.05) is 29.5 Å². The number of anilines is 1. The first-order chi connectivity index (χ1) is 14.8. The number of hydrogen-bond donors (Lipinski definition) is 2. The third kappa shape index (κ3) is 4.06. The fourth-order valence-corrected chi connectivity index (χ4v) is 3.90. The van der Waals surface area contributed by atoms with Crippen molar-refractivity contribution in [2.75, 3.05) is 16.9 Å².